The van der Waals surface area contributed by atoms with Gasteiger partial charge in [0.05, 0.1) is 6.04 Å². The standard InChI is InChI=1S/C20H22BrNO2/c1-14-6-2-3-7-17(14)19(15-9-11-16(21)12-10-15)22-13-5-4-8-18(22)20(23)24/h2-3,6-7,9-12,18-19H,4-5,8,13H2,1H3,(H,23,24). The Labute approximate surface area is 151 Å². The van der Waals surface area contributed by atoms with Crippen LogP contribution in [-0.2, 0) is 4.79 Å². The number of carboxylic acid groups (broad SMARTS) is 1. The molecule has 4 heteroatoms. The maximum absolute atomic E-state index is 11.8. The maximum atomic E-state index is 11.8. The number of rotatable bonds is 4. The van der Waals surface area contributed by atoms with Crippen molar-refractivity contribution < 1.29 is 9.90 Å². The number of likely N-dealkylation sites (tertiary alicyclic amines) is 1. The Morgan fingerprint density at radius 2 is 1.88 bits per heavy atom. The summed E-state index contributed by atoms with van der Waals surface area (Å²) in [5.74, 6) is -0.717. The number of halogens is 1. The van der Waals surface area contributed by atoms with Gasteiger partial charge in [-0.3, -0.25) is 9.69 Å². The molecule has 0 aromatic heterocycles. The summed E-state index contributed by atoms with van der Waals surface area (Å²) < 4.78 is 1.03. The second-order valence-corrected chi connectivity index (χ2v) is 7.31. The van der Waals surface area contributed by atoms with Gasteiger partial charge in [0, 0.05) is 4.47 Å². The smallest absolute Gasteiger partial charge is 0.320 e. The first kappa shape index (κ1) is 17.2. The normalized spacial score (nSPS) is 19.8. The van der Waals surface area contributed by atoms with E-state index in [1.54, 1.807) is 0 Å². The summed E-state index contributed by atoms with van der Waals surface area (Å²) in [6.07, 6.45) is 2.74. The third-order valence-electron chi connectivity index (χ3n) is 4.83. The lowest BCUT2D eigenvalue weighted by molar-refractivity contribution is -0.145. The molecule has 2 unspecified atom stereocenters. The highest BCUT2D eigenvalue weighted by atomic mass is 79.9. The van der Waals surface area contributed by atoms with Gasteiger partial charge in [-0.05, 0) is 55.1 Å². The number of piperidine rings is 1. The Morgan fingerprint density at radius 3 is 2.54 bits per heavy atom. The summed E-state index contributed by atoms with van der Waals surface area (Å²) in [6.45, 7) is 2.91. The van der Waals surface area contributed by atoms with E-state index in [0.717, 1.165) is 29.4 Å². The van der Waals surface area contributed by atoms with Crippen LogP contribution < -0.4 is 0 Å². The summed E-state index contributed by atoms with van der Waals surface area (Å²) in [5.41, 5.74) is 3.52. The first-order valence-electron chi connectivity index (χ1n) is 8.37. The van der Waals surface area contributed by atoms with E-state index in [1.807, 2.05) is 24.3 Å². The second kappa shape index (κ2) is 7.49. The number of carboxylic acids is 1. The van der Waals surface area contributed by atoms with Gasteiger partial charge in [0.1, 0.15) is 6.04 Å². The van der Waals surface area contributed by atoms with E-state index in [4.69, 9.17) is 0 Å². The number of nitrogens with zero attached hydrogens (tertiary/aromatic N) is 1. The van der Waals surface area contributed by atoms with Gasteiger partial charge in [-0.15, -0.1) is 0 Å². The third-order valence-corrected chi connectivity index (χ3v) is 5.36. The average molecular weight is 388 g/mol. The van der Waals surface area contributed by atoms with E-state index < -0.39 is 12.0 Å². The summed E-state index contributed by atoms with van der Waals surface area (Å²) >= 11 is 3.49. The topological polar surface area (TPSA) is 40.5 Å². The zero-order valence-corrected chi connectivity index (χ0v) is 15.4. The number of hydrogen-bond donors (Lipinski definition) is 1. The Balaban J connectivity index is 2.09. The van der Waals surface area contributed by atoms with Crippen LogP contribution in [0.15, 0.2) is 53.0 Å². The third kappa shape index (κ3) is 3.55. The van der Waals surface area contributed by atoms with Gasteiger partial charge in [-0.1, -0.05) is 58.7 Å². The molecule has 0 radical (unpaired) electrons. The zero-order chi connectivity index (χ0) is 17.1. The van der Waals surface area contributed by atoms with Gasteiger partial charge in [-0.2, -0.15) is 0 Å². The van der Waals surface area contributed by atoms with Gasteiger partial charge in [0.2, 0.25) is 0 Å². The molecule has 0 spiro atoms. The number of benzene rings is 2. The maximum Gasteiger partial charge on any atom is 0.320 e. The molecular formula is C20H22BrNO2. The van der Waals surface area contributed by atoms with Gasteiger partial charge >= 0.3 is 5.97 Å². The lowest BCUT2D eigenvalue weighted by Crippen LogP contribution is -2.47. The predicted molar refractivity (Wildman–Crippen MR) is 99.1 cm³/mol. The summed E-state index contributed by atoms with van der Waals surface area (Å²) in [5, 5.41) is 9.72. The zero-order valence-electron chi connectivity index (χ0n) is 13.8. The largest absolute Gasteiger partial charge is 0.480 e. The predicted octanol–water partition coefficient (Wildman–Crippen LogP) is 4.79. The van der Waals surface area contributed by atoms with Gasteiger partial charge in [0.15, 0.2) is 0 Å². The molecule has 2 atom stereocenters. The fraction of sp³-hybridized carbons (Fsp3) is 0.350. The molecule has 0 saturated carbocycles. The fourth-order valence-corrected chi connectivity index (χ4v) is 3.88. The first-order chi connectivity index (χ1) is 11.6. The molecule has 2 aromatic rings. The van der Waals surface area contributed by atoms with E-state index in [9.17, 15) is 9.90 Å². The van der Waals surface area contributed by atoms with Crippen molar-refractivity contribution in [2.45, 2.75) is 38.3 Å². The quantitative estimate of drug-likeness (QED) is 0.819. The average Bonchev–Trinajstić information content (AvgIpc) is 2.59. The first-order valence-corrected chi connectivity index (χ1v) is 9.17. The molecule has 126 valence electrons. The van der Waals surface area contributed by atoms with Crippen molar-refractivity contribution in [2.75, 3.05) is 6.54 Å². The van der Waals surface area contributed by atoms with Crippen molar-refractivity contribution in [3.05, 3.63) is 69.7 Å². The Kier molecular flexibility index (Phi) is 5.36. The van der Waals surface area contributed by atoms with Crippen LogP contribution in [0.4, 0.5) is 0 Å². The molecular weight excluding hydrogens is 366 g/mol. The number of aryl methyl sites for hydroxylation is 1. The van der Waals surface area contributed by atoms with Crippen molar-refractivity contribution in [2.24, 2.45) is 0 Å². The Hall–Kier alpha value is -1.65. The molecule has 3 rings (SSSR count). The van der Waals surface area contributed by atoms with E-state index >= 15 is 0 Å². The molecule has 0 amide bonds. The van der Waals surface area contributed by atoms with Crippen LogP contribution in [0.2, 0.25) is 0 Å². The molecule has 3 nitrogen and oxygen atoms in total. The minimum absolute atomic E-state index is 0.0271. The van der Waals surface area contributed by atoms with Crippen LogP contribution in [0.25, 0.3) is 0 Å². The summed E-state index contributed by atoms with van der Waals surface area (Å²) in [4.78, 5) is 14.0. The molecule has 24 heavy (non-hydrogen) atoms. The van der Waals surface area contributed by atoms with E-state index in [1.165, 1.54) is 11.1 Å². The highest BCUT2D eigenvalue weighted by Crippen LogP contribution is 2.36. The van der Waals surface area contributed by atoms with Gasteiger partial charge in [-0.25, -0.2) is 0 Å². The van der Waals surface area contributed by atoms with Crippen molar-refractivity contribution in [1.82, 2.24) is 4.90 Å². The molecule has 1 saturated heterocycles. The van der Waals surface area contributed by atoms with Crippen LogP contribution in [0.1, 0.15) is 42.0 Å². The van der Waals surface area contributed by atoms with Crippen LogP contribution in [0, 0.1) is 6.92 Å². The van der Waals surface area contributed by atoms with E-state index in [-0.39, 0.29) is 6.04 Å². The number of carbonyl (C=O) groups is 1. The molecule has 1 aliphatic heterocycles. The SMILES string of the molecule is Cc1ccccc1C(c1ccc(Br)cc1)N1CCCCC1C(=O)O. The van der Waals surface area contributed by atoms with E-state index in [2.05, 4.69) is 52.0 Å². The van der Waals surface area contributed by atoms with E-state index in [0.29, 0.717) is 6.42 Å². The molecule has 0 bridgehead atoms. The van der Waals surface area contributed by atoms with Gasteiger partial charge in [0.25, 0.3) is 0 Å². The van der Waals surface area contributed by atoms with Crippen LogP contribution >= 0.6 is 15.9 Å². The van der Waals surface area contributed by atoms with Gasteiger partial charge < -0.3 is 5.11 Å². The Morgan fingerprint density at radius 1 is 1.17 bits per heavy atom. The summed E-state index contributed by atoms with van der Waals surface area (Å²) in [6, 6.07) is 16.1. The lowest BCUT2D eigenvalue weighted by atomic mass is 9.89. The molecule has 1 fully saturated rings. The molecule has 1 heterocycles. The molecule has 1 N–H and O–H groups in total. The molecule has 1 aliphatic rings. The van der Waals surface area contributed by atoms with Crippen molar-refractivity contribution in [3.63, 3.8) is 0 Å². The van der Waals surface area contributed by atoms with Crippen molar-refractivity contribution >= 4 is 21.9 Å². The Bertz CT molecular complexity index is 714. The number of aliphatic carboxylic acids is 1. The van der Waals surface area contributed by atoms with Crippen LogP contribution in [0.5, 0.6) is 0 Å². The molecule has 2 aromatic carbocycles. The monoisotopic (exact) mass is 387 g/mol. The van der Waals surface area contributed by atoms with Crippen LogP contribution in [0.3, 0.4) is 0 Å². The summed E-state index contributed by atoms with van der Waals surface area (Å²) in [7, 11) is 0. The van der Waals surface area contributed by atoms with Crippen LogP contribution in [-0.4, -0.2) is 28.6 Å². The minimum atomic E-state index is -0.717. The lowest BCUT2D eigenvalue weighted by Gasteiger charge is -2.40. The van der Waals surface area contributed by atoms with Crippen molar-refractivity contribution in [1.29, 1.82) is 0 Å². The molecule has 0 aliphatic carbocycles. The fourth-order valence-electron chi connectivity index (χ4n) is 3.62. The second-order valence-electron chi connectivity index (χ2n) is 6.40. The highest BCUT2D eigenvalue weighted by Gasteiger charge is 2.35. The van der Waals surface area contributed by atoms with Crippen molar-refractivity contribution in [3.8, 4) is 0 Å². The number of hydrogen-bond acceptors (Lipinski definition) is 2. The minimum Gasteiger partial charge on any atom is -0.480 e. The highest BCUT2D eigenvalue weighted by molar-refractivity contribution is 9.10.